The normalized spacial score (nSPS) is 19.2. The molecule has 0 bridgehead atoms. The quantitative estimate of drug-likeness (QED) is 0.803. The van der Waals surface area contributed by atoms with Gasteiger partial charge in [0.1, 0.15) is 0 Å². The molecule has 0 radical (unpaired) electrons. The number of carbonyl (C=O) groups excluding carboxylic acids is 1. The monoisotopic (exact) mass is 373 g/mol. The number of hydrogen-bond donors (Lipinski definition) is 0. The van der Waals surface area contributed by atoms with Crippen LogP contribution < -0.4 is 9.47 Å². The topological polar surface area (TPSA) is 38.8 Å². The molecule has 2 aliphatic rings. The predicted octanol–water partition coefficient (Wildman–Crippen LogP) is 3.81. The first kappa shape index (κ1) is 14.6. The largest absolute Gasteiger partial charge is 0.454 e. The van der Waals surface area contributed by atoms with Crippen molar-refractivity contribution in [3.8, 4) is 11.5 Å². The molecule has 23 heavy (non-hydrogen) atoms. The molecule has 0 aliphatic carbocycles. The Morgan fingerprint density at radius 3 is 2.83 bits per heavy atom. The number of fused-ring (bicyclic) bond motifs is 1. The van der Waals surface area contributed by atoms with E-state index < -0.39 is 0 Å². The number of benzene rings is 2. The third-order valence-electron chi connectivity index (χ3n) is 4.45. The first-order valence-corrected chi connectivity index (χ1v) is 8.45. The van der Waals surface area contributed by atoms with Gasteiger partial charge in [0.05, 0.1) is 5.56 Å². The standard InChI is InChI=1S/C18H16BrNO3/c19-15-4-2-1-3-14(15)18(21)20-8-7-13(10-20)12-5-6-16-17(9-12)23-11-22-16/h1-6,9,13H,7-8,10-11H2/t13-/m0/s1. The van der Waals surface area contributed by atoms with Crippen LogP contribution in [-0.4, -0.2) is 30.7 Å². The molecule has 0 N–H and O–H groups in total. The van der Waals surface area contributed by atoms with Crippen LogP contribution >= 0.6 is 15.9 Å². The SMILES string of the molecule is O=C(c1ccccc1Br)N1CC[C@H](c2ccc3c(c2)OCO3)C1. The lowest BCUT2D eigenvalue weighted by Crippen LogP contribution is -2.28. The van der Waals surface area contributed by atoms with E-state index >= 15 is 0 Å². The molecular weight excluding hydrogens is 358 g/mol. The Kier molecular flexibility index (Phi) is 3.73. The Balaban J connectivity index is 1.51. The number of likely N-dealkylation sites (tertiary alicyclic amines) is 1. The van der Waals surface area contributed by atoms with Gasteiger partial charge >= 0.3 is 0 Å². The zero-order chi connectivity index (χ0) is 15.8. The Labute approximate surface area is 143 Å². The highest BCUT2D eigenvalue weighted by atomic mass is 79.9. The van der Waals surface area contributed by atoms with Crippen molar-refractivity contribution in [2.24, 2.45) is 0 Å². The number of carbonyl (C=O) groups is 1. The second kappa shape index (κ2) is 5.89. The predicted molar refractivity (Wildman–Crippen MR) is 90.0 cm³/mol. The maximum absolute atomic E-state index is 12.7. The highest BCUT2D eigenvalue weighted by Gasteiger charge is 2.29. The first-order valence-electron chi connectivity index (χ1n) is 7.66. The van der Waals surface area contributed by atoms with Crippen molar-refractivity contribution in [1.82, 2.24) is 4.90 Å². The van der Waals surface area contributed by atoms with Gasteiger partial charge in [0, 0.05) is 23.5 Å². The zero-order valence-electron chi connectivity index (χ0n) is 12.5. The molecule has 0 saturated carbocycles. The van der Waals surface area contributed by atoms with Crippen molar-refractivity contribution in [1.29, 1.82) is 0 Å². The van der Waals surface area contributed by atoms with Crippen molar-refractivity contribution < 1.29 is 14.3 Å². The average molecular weight is 374 g/mol. The Morgan fingerprint density at radius 2 is 1.96 bits per heavy atom. The van der Waals surface area contributed by atoms with Crippen LogP contribution in [0.1, 0.15) is 28.3 Å². The van der Waals surface area contributed by atoms with E-state index in [-0.39, 0.29) is 12.7 Å². The van der Waals surface area contributed by atoms with E-state index in [4.69, 9.17) is 9.47 Å². The Morgan fingerprint density at radius 1 is 1.13 bits per heavy atom. The molecule has 118 valence electrons. The van der Waals surface area contributed by atoms with Gasteiger partial charge in [-0.3, -0.25) is 4.79 Å². The highest BCUT2D eigenvalue weighted by Crippen LogP contribution is 2.37. The number of ether oxygens (including phenoxy) is 2. The Bertz CT molecular complexity index is 762. The second-order valence-corrected chi connectivity index (χ2v) is 6.68. The molecule has 4 nitrogen and oxygen atoms in total. The van der Waals surface area contributed by atoms with E-state index in [0.717, 1.165) is 41.0 Å². The van der Waals surface area contributed by atoms with Crippen LogP contribution in [0.2, 0.25) is 0 Å². The van der Waals surface area contributed by atoms with E-state index in [2.05, 4.69) is 22.0 Å². The van der Waals surface area contributed by atoms with Gasteiger partial charge in [-0.05, 0) is 52.2 Å². The fourth-order valence-electron chi connectivity index (χ4n) is 3.19. The third-order valence-corrected chi connectivity index (χ3v) is 5.14. The first-order chi connectivity index (χ1) is 11.2. The lowest BCUT2D eigenvalue weighted by atomic mass is 9.98. The van der Waals surface area contributed by atoms with E-state index in [9.17, 15) is 4.79 Å². The zero-order valence-corrected chi connectivity index (χ0v) is 14.1. The van der Waals surface area contributed by atoms with Gasteiger partial charge in [-0.1, -0.05) is 18.2 Å². The van der Waals surface area contributed by atoms with Gasteiger partial charge in [-0.2, -0.15) is 0 Å². The molecule has 0 aromatic heterocycles. The maximum atomic E-state index is 12.7. The summed E-state index contributed by atoms with van der Waals surface area (Å²) < 4.78 is 11.6. The van der Waals surface area contributed by atoms with Crippen molar-refractivity contribution in [3.63, 3.8) is 0 Å². The molecule has 1 saturated heterocycles. The van der Waals surface area contributed by atoms with E-state index in [1.807, 2.05) is 41.3 Å². The number of nitrogens with zero attached hydrogens (tertiary/aromatic N) is 1. The van der Waals surface area contributed by atoms with Crippen LogP contribution in [0.5, 0.6) is 11.5 Å². The molecule has 2 aromatic carbocycles. The van der Waals surface area contributed by atoms with Gasteiger partial charge in [-0.25, -0.2) is 0 Å². The molecule has 2 aliphatic heterocycles. The van der Waals surface area contributed by atoms with Crippen molar-refractivity contribution in [3.05, 3.63) is 58.1 Å². The van der Waals surface area contributed by atoms with Crippen molar-refractivity contribution in [2.75, 3.05) is 19.9 Å². The summed E-state index contributed by atoms with van der Waals surface area (Å²) in [5.41, 5.74) is 1.93. The fraction of sp³-hybridized carbons (Fsp3) is 0.278. The summed E-state index contributed by atoms with van der Waals surface area (Å²) in [4.78, 5) is 14.6. The molecule has 1 fully saturated rings. The van der Waals surface area contributed by atoms with Crippen LogP contribution in [0, 0.1) is 0 Å². The summed E-state index contributed by atoms with van der Waals surface area (Å²) in [5.74, 6) is 2.03. The molecule has 2 aromatic rings. The molecule has 2 heterocycles. The number of amides is 1. The summed E-state index contributed by atoms with van der Waals surface area (Å²) in [7, 11) is 0. The van der Waals surface area contributed by atoms with Crippen LogP contribution in [0.25, 0.3) is 0 Å². The third kappa shape index (κ3) is 2.70. The minimum Gasteiger partial charge on any atom is -0.454 e. The summed E-state index contributed by atoms with van der Waals surface area (Å²) in [6, 6.07) is 13.6. The van der Waals surface area contributed by atoms with Crippen molar-refractivity contribution >= 4 is 21.8 Å². The summed E-state index contributed by atoms with van der Waals surface area (Å²) in [5, 5.41) is 0. The van der Waals surface area contributed by atoms with E-state index in [1.54, 1.807) is 0 Å². The molecule has 0 spiro atoms. The molecule has 1 atom stereocenters. The molecule has 4 rings (SSSR count). The molecule has 5 heteroatoms. The second-order valence-electron chi connectivity index (χ2n) is 5.83. The molecule has 0 unspecified atom stereocenters. The van der Waals surface area contributed by atoms with Gasteiger partial charge in [0.2, 0.25) is 6.79 Å². The van der Waals surface area contributed by atoms with E-state index in [0.29, 0.717) is 5.92 Å². The summed E-state index contributed by atoms with van der Waals surface area (Å²) >= 11 is 3.46. The molecule has 1 amide bonds. The molecular formula is C18H16BrNO3. The smallest absolute Gasteiger partial charge is 0.255 e. The number of rotatable bonds is 2. The van der Waals surface area contributed by atoms with Gasteiger partial charge in [0.25, 0.3) is 5.91 Å². The lowest BCUT2D eigenvalue weighted by Gasteiger charge is -2.17. The van der Waals surface area contributed by atoms with Gasteiger partial charge < -0.3 is 14.4 Å². The average Bonchev–Trinajstić information content (AvgIpc) is 3.23. The van der Waals surface area contributed by atoms with Gasteiger partial charge in [0.15, 0.2) is 11.5 Å². The van der Waals surface area contributed by atoms with E-state index in [1.165, 1.54) is 5.56 Å². The Hall–Kier alpha value is -2.01. The minimum atomic E-state index is 0.0840. The summed E-state index contributed by atoms with van der Waals surface area (Å²) in [6.45, 7) is 1.80. The van der Waals surface area contributed by atoms with Crippen LogP contribution in [0.3, 0.4) is 0 Å². The van der Waals surface area contributed by atoms with Crippen LogP contribution in [0.4, 0.5) is 0 Å². The minimum absolute atomic E-state index is 0.0840. The van der Waals surface area contributed by atoms with Gasteiger partial charge in [-0.15, -0.1) is 0 Å². The summed E-state index contributed by atoms with van der Waals surface area (Å²) in [6.07, 6.45) is 0.968. The maximum Gasteiger partial charge on any atom is 0.255 e. The number of hydrogen-bond acceptors (Lipinski definition) is 3. The lowest BCUT2D eigenvalue weighted by molar-refractivity contribution is 0.0790. The van der Waals surface area contributed by atoms with Crippen LogP contribution in [0.15, 0.2) is 46.9 Å². The van der Waals surface area contributed by atoms with Crippen LogP contribution in [-0.2, 0) is 0 Å². The fourth-order valence-corrected chi connectivity index (χ4v) is 3.64. The highest BCUT2D eigenvalue weighted by molar-refractivity contribution is 9.10. The van der Waals surface area contributed by atoms with Crippen molar-refractivity contribution in [2.45, 2.75) is 12.3 Å². The number of halogens is 1.